The molecule has 148 valence electrons. The Balaban J connectivity index is 2.33. The Labute approximate surface area is 154 Å². The smallest absolute Gasteiger partial charge is 0.111 e. The molecule has 0 spiro atoms. The summed E-state index contributed by atoms with van der Waals surface area (Å²) < 4.78 is 0. The molecular weight excluding hydrogens is 336 g/mol. The van der Waals surface area contributed by atoms with Crippen molar-refractivity contribution < 1.29 is 25.5 Å². The summed E-state index contributed by atoms with van der Waals surface area (Å²) in [7, 11) is 0. The van der Waals surface area contributed by atoms with Crippen molar-refractivity contribution >= 4 is 11.4 Å². The Hall–Kier alpha value is -1.38. The molecular formula is C19H32N2O5. The minimum absolute atomic E-state index is 0.0758. The van der Waals surface area contributed by atoms with E-state index in [1.54, 1.807) is 0 Å². The maximum Gasteiger partial charge on any atom is 0.111 e. The van der Waals surface area contributed by atoms with E-state index in [4.69, 9.17) is 10.8 Å². The van der Waals surface area contributed by atoms with Crippen molar-refractivity contribution in [2.45, 2.75) is 70.0 Å². The van der Waals surface area contributed by atoms with Crippen LogP contribution >= 0.6 is 0 Å². The van der Waals surface area contributed by atoms with Crippen LogP contribution in [0.2, 0.25) is 0 Å². The van der Waals surface area contributed by atoms with Gasteiger partial charge in [0.15, 0.2) is 0 Å². The Bertz CT molecular complexity index is 637. The van der Waals surface area contributed by atoms with Crippen LogP contribution in [0.4, 0.5) is 11.4 Å². The quantitative estimate of drug-likeness (QED) is 0.393. The average Bonchev–Trinajstić information content (AvgIpc) is 2.57. The van der Waals surface area contributed by atoms with Gasteiger partial charge in [-0.3, -0.25) is 0 Å². The van der Waals surface area contributed by atoms with Crippen LogP contribution in [0.15, 0.2) is 12.1 Å². The first kappa shape index (κ1) is 20.9. The monoisotopic (exact) mass is 368 g/mol. The second-order valence-corrected chi connectivity index (χ2v) is 8.09. The van der Waals surface area contributed by atoms with E-state index in [-0.39, 0.29) is 12.1 Å². The van der Waals surface area contributed by atoms with Crippen LogP contribution in [0.3, 0.4) is 0 Å². The van der Waals surface area contributed by atoms with Crippen LogP contribution in [0, 0.1) is 6.92 Å². The number of nitrogen functional groups attached to an aromatic ring is 1. The first-order valence-electron chi connectivity index (χ1n) is 9.00. The number of nitrogens with two attached hydrogens (primary N) is 1. The van der Waals surface area contributed by atoms with Crippen molar-refractivity contribution in [3.05, 3.63) is 23.3 Å². The molecule has 0 fully saturated rings. The van der Waals surface area contributed by atoms with E-state index in [2.05, 4.69) is 20.8 Å². The molecule has 1 heterocycles. The summed E-state index contributed by atoms with van der Waals surface area (Å²) in [6, 6.07) is 3.95. The van der Waals surface area contributed by atoms with Crippen LogP contribution < -0.4 is 10.6 Å². The molecule has 0 aromatic heterocycles. The van der Waals surface area contributed by atoms with Crippen molar-refractivity contribution in [1.82, 2.24) is 0 Å². The van der Waals surface area contributed by atoms with E-state index in [0.717, 1.165) is 28.9 Å². The highest BCUT2D eigenvalue weighted by molar-refractivity contribution is 5.67. The number of rotatable bonds is 6. The number of nitrogens with zero attached hydrogens (tertiary/aromatic N) is 1. The molecule has 0 saturated heterocycles. The summed E-state index contributed by atoms with van der Waals surface area (Å²) in [6.45, 7) is 7.57. The molecule has 1 aromatic carbocycles. The highest BCUT2D eigenvalue weighted by atomic mass is 16.4. The normalized spacial score (nSPS) is 23.9. The Kier molecular flexibility index (Phi) is 6.20. The van der Waals surface area contributed by atoms with Crippen molar-refractivity contribution in [3.8, 4) is 0 Å². The molecule has 1 aromatic rings. The third-order valence-corrected chi connectivity index (χ3v) is 5.47. The molecule has 1 aliphatic rings. The molecule has 0 saturated carbocycles. The van der Waals surface area contributed by atoms with Crippen LogP contribution in [0.5, 0.6) is 0 Å². The lowest BCUT2D eigenvalue weighted by Gasteiger charge is -2.49. The first-order chi connectivity index (χ1) is 12.0. The van der Waals surface area contributed by atoms with Crippen molar-refractivity contribution in [1.29, 1.82) is 0 Å². The fourth-order valence-electron chi connectivity index (χ4n) is 3.85. The van der Waals surface area contributed by atoms with Gasteiger partial charge >= 0.3 is 0 Å². The summed E-state index contributed by atoms with van der Waals surface area (Å²) >= 11 is 0. The lowest BCUT2D eigenvalue weighted by Crippen LogP contribution is -2.55. The molecule has 0 aliphatic carbocycles. The van der Waals surface area contributed by atoms with Crippen LogP contribution in [-0.4, -0.2) is 68.6 Å². The van der Waals surface area contributed by atoms with Gasteiger partial charge in [-0.1, -0.05) is 6.92 Å². The second-order valence-electron chi connectivity index (χ2n) is 8.09. The molecule has 0 amide bonds. The van der Waals surface area contributed by atoms with E-state index in [0.29, 0.717) is 5.92 Å². The topological polar surface area (TPSA) is 130 Å². The van der Waals surface area contributed by atoms with Crippen LogP contribution in [0.25, 0.3) is 0 Å². The number of hydrogen-bond donors (Lipinski definition) is 6. The summed E-state index contributed by atoms with van der Waals surface area (Å²) in [5.41, 5.74) is 9.47. The first-order valence-corrected chi connectivity index (χ1v) is 9.00. The summed E-state index contributed by atoms with van der Waals surface area (Å²) in [4.78, 5) is 2.01. The molecule has 26 heavy (non-hydrogen) atoms. The van der Waals surface area contributed by atoms with Crippen LogP contribution in [0.1, 0.15) is 44.2 Å². The largest absolute Gasteiger partial charge is 0.399 e. The fourth-order valence-corrected chi connectivity index (χ4v) is 3.85. The Morgan fingerprint density at radius 3 is 2.31 bits per heavy atom. The van der Waals surface area contributed by atoms with Crippen molar-refractivity contribution in [2.75, 3.05) is 23.8 Å². The molecule has 7 nitrogen and oxygen atoms in total. The highest BCUT2D eigenvalue weighted by Gasteiger charge is 2.39. The lowest BCUT2D eigenvalue weighted by atomic mass is 9.79. The van der Waals surface area contributed by atoms with Crippen molar-refractivity contribution in [3.63, 3.8) is 0 Å². The molecule has 0 bridgehead atoms. The SMILES string of the molecule is Cc1cc2c(cc1N)C(C)CC(C)(C)N2C[C@@H](O)[C@H](O)[C@H](O)[C@@H](O)CO. The summed E-state index contributed by atoms with van der Waals surface area (Å²) in [5, 5.41) is 49.0. The maximum absolute atomic E-state index is 10.5. The Morgan fingerprint density at radius 2 is 1.73 bits per heavy atom. The van der Waals surface area contributed by atoms with Gasteiger partial charge in [0.2, 0.25) is 0 Å². The number of hydrogen-bond acceptors (Lipinski definition) is 7. The van der Waals surface area contributed by atoms with Gasteiger partial charge in [-0.2, -0.15) is 0 Å². The third-order valence-electron chi connectivity index (χ3n) is 5.47. The molecule has 7 N–H and O–H groups in total. The molecule has 1 aliphatic heterocycles. The number of fused-ring (bicyclic) bond motifs is 1. The van der Waals surface area contributed by atoms with E-state index < -0.39 is 31.0 Å². The predicted octanol–water partition coefficient (Wildman–Crippen LogP) is 0.105. The minimum Gasteiger partial charge on any atom is -0.399 e. The molecule has 0 radical (unpaired) electrons. The minimum atomic E-state index is -1.63. The standard InChI is InChI=1S/C19H32N2O5/c1-10-5-14-12(6-13(10)20)11(2)7-19(3,4)21(14)8-15(23)17(25)18(26)16(24)9-22/h5-6,11,15-18,22-26H,7-9,20H2,1-4H3/t11?,15-,16+,17+,18-/m1/s1. The lowest BCUT2D eigenvalue weighted by molar-refractivity contribution is -0.113. The van der Waals surface area contributed by atoms with Crippen LogP contribution in [-0.2, 0) is 0 Å². The number of anilines is 2. The summed E-state index contributed by atoms with van der Waals surface area (Å²) in [5.74, 6) is 0.294. The van der Waals surface area contributed by atoms with Gasteiger partial charge in [0.25, 0.3) is 0 Å². The number of aliphatic hydroxyl groups excluding tert-OH is 5. The summed E-state index contributed by atoms with van der Waals surface area (Å²) in [6.07, 6.45) is -5.18. The number of aryl methyl sites for hydroxylation is 1. The predicted molar refractivity (Wildman–Crippen MR) is 101 cm³/mol. The zero-order valence-corrected chi connectivity index (χ0v) is 15.9. The van der Waals surface area contributed by atoms with Gasteiger partial charge < -0.3 is 36.2 Å². The van der Waals surface area contributed by atoms with Gasteiger partial charge in [-0.25, -0.2) is 0 Å². The Morgan fingerprint density at radius 1 is 1.15 bits per heavy atom. The van der Waals surface area contributed by atoms with E-state index in [9.17, 15) is 20.4 Å². The van der Waals surface area contributed by atoms with E-state index in [1.807, 2.05) is 24.0 Å². The molecule has 2 rings (SSSR count). The molecule has 5 atom stereocenters. The van der Waals surface area contributed by atoms with E-state index >= 15 is 0 Å². The van der Waals surface area contributed by atoms with Gasteiger partial charge in [-0.05, 0) is 56.4 Å². The molecule has 7 heteroatoms. The van der Waals surface area contributed by atoms with Gasteiger partial charge in [0.05, 0.1) is 12.7 Å². The number of benzene rings is 1. The zero-order chi connectivity index (χ0) is 19.8. The third kappa shape index (κ3) is 3.97. The maximum atomic E-state index is 10.5. The number of aliphatic hydroxyl groups is 5. The number of β-amino-alcohol motifs (C(OH)–C–C–N with tert-alkyl or cyclic N) is 1. The average molecular weight is 368 g/mol. The fraction of sp³-hybridized carbons (Fsp3) is 0.684. The molecule has 1 unspecified atom stereocenters. The van der Waals surface area contributed by atoms with Gasteiger partial charge in [0.1, 0.15) is 18.3 Å². The second kappa shape index (κ2) is 7.70. The van der Waals surface area contributed by atoms with Gasteiger partial charge in [0, 0.05) is 23.5 Å². The van der Waals surface area contributed by atoms with Crippen molar-refractivity contribution in [2.24, 2.45) is 0 Å². The zero-order valence-electron chi connectivity index (χ0n) is 15.9. The van der Waals surface area contributed by atoms with Gasteiger partial charge in [-0.15, -0.1) is 0 Å². The van der Waals surface area contributed by atoms with E-state index in [1.165, 1.54) is 0 Å². The highest BCUT2D eigenvalue weighted by Crippen LogP contribution is 2.44.